The Balaban J connectivity index is 1.63. The summed E-state index contributed by atoms with van der Waals surface area (Å²) in [5.41, 5.74) is 4.42. The molecule has 1 atom stereocenters. The van der Waals surface area contributed by atoms with Crippen molar-refractivity contribution in [3.05, 3.63) is 82.3 Å². The van der Waals surface area contributed by atoms with Crippen LogP contribution in [0.5, 0.6) is 0 Å². The molecule has 6 heteroatoms. The first-order valence-electron chi connectivity index (χ1n) is 8.77. The number of halogens is 1. The number of hydrogen-bond donors (Lipinski definition) is 2. The van der Waals surface area contributed by atoms with Gasteiger partial charge in [-0.1, -0.05) is 54.6 Å². The molecular weight excluding hydrogens is 451 g/mol. The zero-order valence-electron chi connectivity index (χ0n) is 14.6. The molecule has 0 aliphatic carbocycles. The van der Waals surface area contributed by atoms with Gasteiger partial charge in [-0.2, -0.15) is 5.10 Å². The number of anilines is 1. The lowest BCUT2D eigenvalue weighted by Crippen LogP contribution is -2.14. The maximum atomic E-state index is 9.56. The van der Waals surface area contributed by atoms with Gasteiger partial charge in [-0.3, -0.25) is 0 Å². The zero-order chi connectivity index (χ0) is 18.6. The average molecular weight is 470 g/mol. The molecule has 0 spiro atoms. The molecule has 2 N–H and O–H groups in total. The van der Waals surface area contributed by atoms with Gasteiger partial charge >= 0.3 is 0 Å². The normalized spacial score (nSPS) is 12.2. The molecule has 2 heterocycles. The van der Waals surface area contributed by atoms with Gasteiger partial charge in [-0.05, 0) is 45.7 Å². The molecule has 0 radical (unpaired) electrons. The molecule has 136 valence electrons. The highest BCUT2D eigenvalue weighted by atomic mass is 127. The SMILES string of the molecule is OCC[C@H](Nc1nccn2ncc(I)c12)c1ccc(-c2ccccc2)cc1. The number of hydrogen-bond acceptors (Lipinski definition) is 4. The van der Waals surface area contributed by atoms with Gasteiger partial charge < -0.3 is 10.4 Å². The van der Waals surface area contributed by atoms with Crippen molar-refractivity contribution in [2.75, 3.05) is 11.9 Å². The number of rotatable bonds is 6. The van der Waals surface area contributed by atoms with E-state index in [1.807, 2.05) is 35.1 Å². The number of nitrogens with zero attached hydrogens (tertiary/aromatic N) is 3. The van der Waals surface area contributed by atoms with Gasteiger partial charge in [0.05, 0.1) is 15.8 Å². The maximum Gasteiger partial charge on any atom is 0.153 e. The van der Waals surface area contributed by atoms with Crippen LogP contribution in [-0.4, -0.2) is 26.3 Å². The van der Waals surface area contributed by atoms with Gasteiger partial charge in [-0.15, -0.1) is 0 Å². The monoisotopic (exact) mass is 470 g/mol. The number of aliphatic hydroxyl groups excluding tert-OH is 1. The Labute approximate surface area is 171 Å². The van der Waals surface area contributed by atoms with E-state index in [2.05, 4.69) is 74.4 Å². The zero-order valence-corrected chi connectivity index (χ0v) is 16.7. The molecule has 0 aliphatic heterocycles. The minimum atomic E-state index is -0.0378. The van der Waals surface area contributed by atoms with Crippen LogP contribution < -0.4 is 5.32 Å². The summed E-state index contributed by atoms with van der Waals surface area (Å²) in [4.78, 5) is 4.49. The number of aromatic nitrogens is 3. The molecule has 0 unspecified atom stereocenters. The molecule has 27 heavy (non-hydrogen) atoms. The first-order chi connectivity index (χ1) is 13.3. The van der Waals surface area contributed by atoms with Crippen molar-refractivity contribution >= 4 is 33.9 Å². The highest BCUT2D eigenvalue weighted by molar-refractivity contribution is 14.1. The van der Waals surface area contributed by atoms with Crippen LogP contribution in [-0.2, 0) is 0 Å². The van der Waals surface area contributed by atoms with E-state index >= 15 is 0 Å². The van der Waals surface area contributed by atoms with Crippen LogP contribution >= 0.6 is 22.6 Å². The van der Waals surface area contributed by atoms with Crippen LogP contribution in [0.2, 0.25) is 0 Å². The maximum absolute atomic E-state index is 9.56. The van der Waals surface area contributed by atoms with E-state index in [4.69, 9.17) is 0 Å². The van der Waals surface area contributed by atoms with E-state index < -0.39 is 0 Å². The number of aliphatic hydroxyl groups is 1. The van der Waals surface area contributed by atoms with Gasteiger partial charge in [0.1, 0.15) is 5.52 Å². The third kappa shape index (κ3) is 3.81. The summed E-state index contributed by atoms with van der Waals surface area (Å²) in [7, 11) is 0. The van der Waals surface area contributed by atoms with Crippen LogP contribution in [0.1, 0.15) is 18.0 Å². The molecule has 0 aliphatic rings. The van der Waals surface area contributed by atoms with Crippen molar-refractivity contribution < 1.29 is 5.11 Å². The van der Waals surface area contributed by atoms with Gasteiger partial charge in [-0.25, -0.2) is 9.50 Å². The fraction of sp³-hybridized carbons (Fsp3) is 0.143. The van der Waals surface area contributed by atoms with E-state index in [1.165, 1.54) is 11.1 Å². The smallest absolute Gasteiger partial charge is 0.153 e. The average Bonchev–Trinajstić information content (AvgIpc) is 3.10. The summed E-state index contributed by atoms with van der Waals surface area (Å²) in [6.07, 6.45) is 5.97. The summed E-state index contributed by atoms with van der Waals surface area (Å²) in [6, 6.07) is 18.7. The van der Waals surface area contributed by atoms with Crippen molar-refractivity contribution in [3.63, 3.8) is 0 Å². The molecule has 0 bridgehead atoms. The molecule has 0 saturated carbocycles. The predicted octanol–water partition coefficient (Wildman–Crippen LogP) is 4.54. The third-order valence-corrected chi connectivity index (χ3v) is 5.32. The third-order valence-electron chi connectivity index (χ3n) is 4.54. The Morgan fingerprint density at radius 2 is 1.78 bits per heavy atom. The second-order valence-electron chi connectivity index (χ2n) is 6.26. The molecule has 4 rings (SSSR count). The summed E-state index contributed by atoms with van der Waals surface area (Å²) in [6.45, 7) is 0.0948. The summed E-state index contributed by atoms with van der Waals surface area (Å²) < 4.78 is 2.84. The Bertz CT molecular complexity index is 1030. The van der Waals surface area contributed by atoms with E-state index in [0.717, 1.165) is 20.5 Å². The molecule has 0 fully saturated rings. The van der Waals surface area contributed by atoms with Crippen molar-refractivity contribution in [1.29, 1.82) is 0 Å². The summed E-state index contributed by atoms with van der Waals surface area (Å²) in [5.74, 6) is 0.769. The number of nitrogens with one attached hydrogen (secondary N) is 1. The minimum Gasteiger partial charge on any atom is -0.396 e. The van der Waals surface area contributed by atoms with Crippen LogP contribution in [0.3, 0.4) is 0 Å². The topological polar surface area (TPSA) is 62.5 Å². The Morgan fingerprint density at radius 1 is 1.04 bits per heavy atom. The summed E-state index contributed by atoms with van der Waals surface area (Å²) in [5, 5.41) is 17.4. The Hall–Kier alpha value is -2.45. The van der Waals surface area contributed by atoms with Crippen LogP contribution in [0, 0.1) is 3.57 Å². The second-order valence-corrected chi connectivity index (χ2v) is 7.42. The fourth-order valence-corrected chi connectivity index (χ4v) is 3.80. The van der Waals surface area contributed by atoms with Crippen molar-refractivity contribution in [2.45, 2.75) is 12.5 Å². The minimum absolute atomic E-state index is 0.0378. The lowest BCUT2D eigenvalue weighted by atomic mass is 9.99. The van der Waals surface area contributed by atoms with Gasteiger partial charge in [0, 0.05) is 19.0 Å². The molecule has 2 aromatic heterocycles. The Morgan fingerprint density at radius 3 is 2.52 bits per heavy atom. The second kappa shape index (κ2) is 8.06. The lowest BCUT2D eigenvalue weighted by Gasteiger charge is -2.20. The molecule has 5 nitrogen and oxygen atoms in total. The highest BCUT2D eigenvalue weighted by Crippen LogP contribution is 2.28. The van der Waals surface area contributed by atoms with Gasteiger partial charge in [0.15, 0.2) is 5.82 Å². The molecule has 0 amide bonds. The quantitative estimate of drug-likeness (QED) is 0.407. The first-order valence-corrected chi connectivity index (χ1v) is 9.85. The predicted molar refractivity (Wildman–Crippen MR) is 116 cm³/mol. The van der Waals surface area contributed by atoms with E-state index in [0.29, 0.717) is 6.42 Å². The largest absolute Gasteiger partial charge is 0.396 e. The molecule has 2 aromatic carbocycles. The standard InChI is InChI=1S/C21H19IN4O/c22-18-14-24-26-12-11-23-21(20(18)26)25-19(10-13-27)17-8-6-16(7-9-17)15-4-2-1-3-5-15/h1-9,11-12,14,19,27H,10,13H2,(H,23,25)/t19-/m0/s1. The number of fused-ring (bicyclic) bond motifs is 1. The first kappa shape index (κ1) is 17.9. The van der Waals surface area contributed by atoms with Gasteiger partial charge in [0.25, 0.3) is 0 Å². The molecule has 4 aromatic rings. The Kier molecular flexibility index (Phi) is 5.35. The van der Waals surface area contributed by atoms with Gasteiger partial charge in [0.2, 0.25) is 0 Å². The lowest BCUT2D eigenvalue weighted by molar-refractivity contribution is 0.280. The molecule has 0 saturated heterocycles. The summed E-state index contributed by atoms with van der Waals surface area (Å²) >= 11 is 2.26. The van der Waals surface area contributed by atoms with E-state index in [1.54, 1.807) is 6.20 Å². The van der Waals surface area contributed by atoms with E-state index in [9.17, 15) is 5.11 Å². The van der Waals surface area contributed by atoms with Crippen LogP contribution in [0.25, 0.3) is 16.6 Å². The van der Waals surface area contributed by atoms with Crippen molar-refractivity contribution in [2.24, 2.45) is 0 Å². The highest BCUT2D eigenvalue weighted by Gasteiger charge is 2.15. The fourth-order valence-electron chi connectivity index (χ4n) is 3.17. The number of benzene rings is 2. The van der Waals surface area contributed by atoms with Crippen molar-refractivity contribution in [1.82, 2.24) is 14.6 Å². The van der Waals surface area contributed by atoms with Crippen LogP contribution in [0.15, 0.2) is 73.2 Å². The van der Waals surface area contributed by atoms with E-state index in [-0.39, 0.29) is 12.6 Å². The molecular formula is C21H19IN4O. The van der Waals surface area contributed by atoms with Crippen molar-refractivity contribution in [3.8, 4) is 11.1 Å². The van der Waals surface area contributed by atoms with Crippen LogP contribution in [0.4, 0.5) is 5.82 Å².